The maximum absolute atomic E-state index is 4.79. The lowest BCUT2D eigenvalue weighted by atomic mass is 10.1. The minimum absolute atomic E-state index is 0. The molecule has 27 heavy (non-hydrogen) atoms. The fraction of sp³-hybridized carbons (Fsp3) is 0.524. The Morgan fingerprint density at radius 3 is 2.41 bits per heavy atom. The molecule has 1 unspecified atom stereocenters. The fourth-order valence-corrected chi connectivity index (χ4v) is 2.73. The minimum Gasteiger partial charge on any atom is -0.357 e. The summed E-state index contributed by atoms with van der Waals surface area (Å²) in [5, 5.41) is 11.5. The largest absolute Gasteiger partial charge is 0.357 e. The molecule has 5 nitrogen and oxygen atoms in total. The van der Waals surface area contributed by atoms with Gasteiger partial charge in [-0.3, -0.25) is 4.68 Å². The van der Waals surface area contributed by atoms with Gasteiger partial charge in [-0.25, -0.2) is 4.99 Å². The second-order valence-corrected chi connectivity index (χ2v) is 7.16. The molecule has 1 aromatic carbocycles. The fourth-order valence-electron chi connectivity index (χ4n) is 2.73. The highest BCUT2D eigenvalue weighted by Crippen LogP contribution is 2.16. The first kappa shape index (κ1) is 23.5. The number of aromatic nitrogens is 2. The highest BCUT2D eigenvalue weighted by molar-refractivity contribution is 14.0. The lowest BCUT2D eigenvalue weighted by molar-refractivity contribution is 0.481. The predicted molar refractivity (Wildman–Crippen MR) is 125 cm³/mol. The number of aryl methyl sites for hydroxylation is 1. The Morgan fingerprint density at radius 1 is 1.15 bits per heavy atom. The smallest absolute Gasteiger partial charge is 0.191 e. The van der Waals surface area contributed by atoms with E-state index in [0.717, 1.165) is 24.7 Å². The van der Waals surface area contributed by atoms with Crippen molar-refractivity contribution >= 4 is 29.9 Å². The van der Waals surface area contributed by atoms with E-state index in [0.29, 0.717) is 18.5 Å². The summed E-state index contributed by atoms with van der Waals surface area (Å²) >= 11 is 0. The van der Waals surface area contributed by atoms with Crippen LogP contribution in [0.3, 0.4) is 0 Å². The van der Waals surface area contributed by atoms with Crippen molar-refractivity contribution in [2.75, 3.05) is 6.54 Å². The first-order valence-electron chi connectivity index (χ1n) is 9.54. The molecule has 1 aromatic heterocycles. The number of aliphatic imine (C=N–C) groups is 1. The molecule has 0 aliphatic rings. The van der Waals surface area contributed by atoms with E-state index in [1.807, 2.05) is 6.07 Å². The van der Waals surface area contributed by atoms with Gasteiger partial charge in [0, 0.05) is 23.8 Å². The number of benzene rings is 1. The van der Waals surface area contributed by atoms with Crippen LogP contribution in [0, 0.1) is 19.8 Å². The molecule has 0 aliphatic heterocycles. The van der Waals surface area contributed by atoms with Gasteiger partial charge in [-0.2, -0.15) is 5.10 Å². The van der Waals surface area contributed by atoms with Gasteiger partial charge in [-0.05, 0) is 39.2 Å². The molecule has 0 bridgehead atoms. The molecule has 1 atom stereocenters. The van der Waals surface area contributed by atoms with E-state index in [4.69, 9.17) is 10.1 Å². The van der Waals surface area contributed by atoms with Gasteiger partial charge in [0.05, 0.1) is 18.8 Å². The second-order valence-electron chi connectivity index (χ2n) is 7.16. The van der Waals surface area contributed by atoms with Crippen molar-refractivity contribution in [2.45, 2.75) is 60.7 Å². The van der Waals surface area contributed by atoms with Crippen LogP contribution in [0.4, 0.5) is 0 Å². The third kappa shape index (κ3) is 6.83. The molecular weight excluding hydrogens is 449 g/mol. The summed E-state index contributed by atoms with van der Waals surface area (Å²) in [6, 6.07) is 10.8. The zero-order chi connectivity index (χ0) is 19.1. The van der Waals surface area contributed by atoms with Gasteiger partial charge < -0.3 is 10.6 Å². The Kier molecular flexibility index (Phi) is 9.83. The van der Waals surface area contributed by atoms with E-state index in [1.165, 1.54) is 16.8 Å². The molecule has 0 saturated carbocycles. The predicted octanol–water partition coefficient (Wildman–Crippen LogP) is 4.27. The lowest BCUT2D eigenvalue weighted by Crippen LogP contribution is -2.44. The van der Waals surface area contributed by atoms with Crippen molar-refractivity contribution in [2.24, 2.45) is 10.9 Å². The van der Waals surface area contributed by atoms with E-state index >= 15 is 0 Å². The van der Waals surface area contributed by atoms with E-state index in [1.54, 1.807) is 0 Å². The highest BCUT2D eigenvalue weighted by Gasteiger charge is 2.13. The molecule has 0 spiro atoms. The third-order valence-corrected chi connectivity index (χ3v) is 4.81. The molecule has 2 rings (SSSR count). The zero-order valence-corrected chi connectivity index (χ0v) is 19.7. The number of nitrogens with one attached hydrogen (secondary N) is 2. The van der Waals surface area contributed by atoms with Crippen LogP contribution in [0.5, 0.6) is 0 Å². The number of hydrogen-bond donors (Lipinski definition) is 2. The van der Waals surface area contributed by atoms with Crippen LogP contribution in [-0.4, -0.2) is 28.3 Å². The summed E-state index contributed by atoms with van der Waals surface area (Å²) in [4.78, 5) is 4.79. The molecule has 1 heterocycles. The Morgan fingerprint density at radius 2 is 1.81 bits per heavy atom. The summed E-state index contributed by atoms with van der Waals surface area (Å²) < 4.78 is 2.08. The van der Waals surface area contributed by atoms with Gasteiger partial charge >= 0.3 is 0 Å². The number of hydrogen-bond acceptors (Lipinski definition) is 2. The zero-order valence-electron chi connectivity index (χ0n) is 17.4. The number of rotatable bonds is 7. The Labute approximate surface area is 181 Å². The second kappa shape index (κ2) is 11.3. The first-order chi connectivity index (χ1) is 12.4. The van der Waals surface area contributed by atoms with Crippen molar-refractivity contribution in [3.8, 4) is 0 Å². The number of halogens is 1. The van der Waals surface area contributed by atoms with Crippen molar-refractivity contribution in [3.63, 3.8) is 0 Å². The average molecular weight is 483 g/mol. The van der Waals surface area contributed by atoms with E-state index in [2.05, 4.69) is 81.1 Å². The maximum atomic E-state index is 4.79. The molecule has 2 aromatic rings. The number of guanidine groups is 1. The van der Waals surface area contributed by atoms with Crippen LogP contribution >= 0.6 is 24.0 Å². The molecule has 0 saturated heterocycles. The summed E-state index contributed by atoms with van der Waals surface area (Å²) in [5.41, 5.74) is 4.70. The molecule has 0 fully saturated rings. The van der Waals surface area contributed by atoms with Crippen molar-refractivity contribution < 1.29 is 0 Å². The van der Waals surface area contributed by atoms with Crippen LogP contribution < -0.4 is 10.6 Å². The van der Waals surface area contributed by atoms with Crippen LogP contribution in [0.1, 0.15) is 50.2 Å². The molecular formula is C21H34IN5. The average Bonchev–Trinajstić information content (AvgIpc) is 2.87. The molecule has 150 valence electrons. The van der Waals surface area contributed by atoms with Crippen molar-refractivity contribution in [1.82, 2.24) is 20.4 Å². The molecule has 2 N–H and O–H groups in total. The van der Waals surface area contributed by atoms with Gasteiger partial charge in [-0.1, -0.05) is 44.2 Å². The van der Waals surface area contributed by atoms with E-state index in [-0.39, 0.29) is 24.0 Å². The number of nitrogens with zero attached hydrogens (tertiary/aromatic N) is 3. The first-order valence-corrected chi connectivity index (χ1v) is 9.54. The van der Waals surface area contributed by atoms with Crippen molar-refractivity contribution in [3.05, 3.63) is 52.8 Å². The molecule has 6 heteroatoms. The maximum Gasteiger partial charge on any atom is 0.191 e. The van der Waals surface area contributed by atoms with Crippen molar-refractivity contribution in [1.29, 1.82) is 0 Å². The molecule has 0 amide bonds. The highest BCUT2D eigenvalue weighted by atomic mass is 127. The van der Waals surface area contributed by atoms with E-state index < -0.39 is 0 Å². The topological polar surface area (TPSA) is 54.2 Å². The summed E-state index contributed by atoms with van der Waals surface area (Å²) in [6.45, 7) is 15.2. The molecule has 0 aliphatic carbocycles. The summed E-state index contributed by atoms with van der Waals surface area (Å²) in [7, 11) is 0. The van der Waals surface area contributed by atoms with Gasteiger partial charge in [0.2, 0.25) is 0 Å². The summed E-state index contributed by atoms with van der Waals surface area (Å²) in [5.74, 6) is 1.42. The van der Waals surface area contributed by atoms with Gasteiger partial charge in [-0.15, -0.1) is 24.0 Å². The summed E-state index contributed by atoms with van der Waals surface area (Å²) in [6.07, 6.45) is 0. The van der Waals surface area contributed by atoms with Crippen LogP contribution in [0.2, 0.25) is 0 Å². The SMILES string of the molecule is CCNC(=NCc1c(C)nn(Cc2ccccc2)c1C)NC(C)C(C)C.I. The monoisotopic (exact) mass is 483 g/mol. The van der Waals surface area contributed by atoms with Crippen LogP contribution in [-0.2, 0) is 13.1 Å². The van der Waals surface area contributed by atoms with Gasteiger partial charge in [0.15, 0.2) is 5.96 Å². The minimum atomic E-state index is 0. The standard InChI is InChI=1S/C21H33N5.HI/c1-7-22-21(24-16(4)15(2)3)23-13-20-17(5)25-26(18(20)6)14-19-11-9-8-10-12-19;/h8-12,15-16H,7,13-14H2,1-6H3,(H2,22,23,24);1H. The Hall–Kier alpha value is -1.57. The molecule has 0 radical (unpaired) electrons. The lowest BCUT2D eigenvalue weighted by Gasteiger charge is -2.20. The quantitative estimate of drug-likeness (QED) is 0.352. The Bertz CT molecular complexity index is 722. The normalized spacial score (nSPS) is 12.6. The third-order valence-electron chi connectivity index (χ3n) is 4.81. The van der Waals surface area contributed by atoms with Gasteiger partial charge in [0.1, 0.15) is 0 Å². The Balaban J connectivity index is 0.00000364. The van der Waals surface area contributed by atoms with Crippen LogP contribution in [0.15, 0.2) is 35.3 Å². The van der Waals surface area contributed by atoms with E-state index in [9.17, 15) is 0 Å². The van der Waals surface area contributed by atoms with Crippen LogP contribution in [0.25, 0.3) is 0 Å². The van der Waals surface area contributed by atoms with Gasteiger partial charge in [0.25, 0.3) is 0 Å².